The minimum absolute atomic E-state index is 0.109. The van der Waals surface area contributed by atoms with Crippen molar-refractivity contribution >= 4 is 33.6 Å². The molecule has 0 aliphatic heterocycles. The van der Waals surface area contributed by atoms with E-state index in [0.717, 1.165) is 10.0 Å². The van der Waals surface area contributed by atoms with Crippen molar-refractivity contribution in [1.29, 1.82) is 5.41 Å². The smallest absolute Gasteiger partial charge is 0.326 e. The number of rotatable bonds is 9. The molecule has 0 saturated carbocycles. The van der Waals surface area contributed by atoms with Crippen LogP contribution in [0.1, 0.15) is 35.7 Å². The highest BCUT2D eigenvalue weighted by Gasteiger charge is 2.22. The molecule has 1 aromatic carbocycles. The summed E-state index contributed by atoms with van der Waals surface area (Å²) >= 11 is 3.38. The molecule has 154 valence electrons. The summed E-state index contributed by atoms with van der Waals surface area (Å²) in [5, 5.41) is 21.9. The summed E-state index contributed by atoms with van der Waals surface area (Å²) in [6.07, 6.45) is 2.22. The Labute approximate surface area is 176 Å². The number of aromatic nitrogens is 1. The monoisotopic (exact) mass is 462 g/mol. The number of benzene rings is 1. The second-order valence-corrected chi connectivity index (χ2v) is 7.46. The van der Waals surface area contributed by atoms with Crippen LogP contribution in [0.4, 0.5) is 0 Å². The lowest BCUT2D eigenvalue weighted by molar-refractivity contribution is -0.139. The van der Waals surface area contributed by atoms with E-state index in [1.807, 2.05) is 24.3 Å². The first-order valence-corrected chi connectivity index (χ1v) is 9.84. The summed E-state index contributed by atoms with van der Waals surface area (Å²) in [5.74, 6) is -1.60. The Balaban J connectivity index is 2.10. The number of amidine groups is 1. The lowest BCUT2D eigenvalue weighted by Crippen LogP contribution is -2.43. The number of amides is 1. The molecule has 2 aromatic rings. The third kappa shape index (κ3) is 6.86. The Morgan fingerprint density at radius 1 is 1.28 bits per heavy atom. The predicted molar refractivity (Wildman–Crippen MR) is 113 cm³/mol. The molecule has 4 N–H and O–H groups in total. The molecule has 2 rings (SSSR count). The van der Waals surface area contributed by atoms with Gasteiger partial charge in [-0.25, -0.2) is 4.79 Å². The Hall–Kier alpha value is -2.94. The Kier molecular flexibility index (Phi) is 8.14. The normalized spacial score (nSPS) is 11.5. The van der Waals surface area contributed by atoms with Crippen LogP contribution in [0.25, 0.3) is 0 Å². The van der Waals surface area contributed by atoms with Crippen LogP contribution in [0.15, 0.2) is 51.9 Å². The maximum Gasteiger partial charge on any atom is 0.326 e. The minimum Gasteiger partial charge on any atom is -0.480 e. The summed E-state index contributed by atoms with van der Waals surface area (Å²) in [4.78, 5) is 36.7. The molecule has 0 aliphatic rings. The molecular formula is C20H23BrN4O4. The van der Waals surface area contributed by atoms with E-state index >= 15 is 0 Å². The first kappa shape index (κ1) is 22.4. The van der Waals surface area contributed by atoms with E-state index < -0.39 is 23.5 Å². The summed E-state index contributed by atoms with van der Waals surface area (Å²) in [6, 6.07) is 9.33. The van der Waals surface area contributed by atoms with Crippen molar-refractivity contribution < 1.29 is 14.7 Å². The number of carboxylic acids is 1. The van der Waals surface area contributed by atoms with Crippen molar-refractivity contribution in [2.24, 2.45) is 0 Å². The fraction of sp³-hybridized carbons (Fsp3) is 0.300. The van der Waals surface area contributed by atoms with E-state index in [1.54, 1.807) is 19.2 Å². The third-order valence-electron chi connectivity index (χ3n) is 4.17. The molecule has 0 spiro atoms. The molecule has 0 radical (unpaired) electrons. The number of nitrogens with one attached hydrogen (secondary N) is 3. The lowest BCUT2D eigenvalue weighted by atomic mass is 10.1. The van der Waals surface area contributed by atoms with E-state index in [2.05, 4.69) is 26.6 Å². The second-order valence-electron chi connectivity index (χ2n) is 6.54. The first-order valence-electron chi connectivity index (χ1n) is 9.04. The van der Waals surface area contributed by atoms with E-state index in [9.17, 15) is 19.5 Å². The minimum atomic E-state index is -1.17. The van der Waals surface area contributed by atoms with Gasteiger partial charge in [-0.3, -0.25) is 15.0 Å². The fourth-order valence-electron chi connectivity index (χ4n) is 2.74. The van der Waals surface area contributed by atoms with Gasteiger partial charge in [0.2, 0.25) is 0 Å². The van der Waals surface area contributed by atoms with Crippen molar-refractivity contribution in [2.45, 2.75) is 32.4 Å². The van der Waals surface area contributed by atoms with Gasteiger partial charge in [0.25, 0.3) is 11.5 Å². The Bertz CT molecular complexity index is 957. The highest BCUT2D eigenvalue weighted by molar-refractivity contribution is 9.10. The van der Waals surface area contributed by atoms with E-state index in [-0.39, 0.29) is 24.4 Å². The zero-order valence-corrected chi connectivity index (χ0v) is 17.5. The number of hydrogen-bond donors (Lipinski definition) is 4. The van der Waals surface area contributed by atoms with Gasteiger partial charge in [-0.1, -0.05) is 28.1 Å². The van der Waals surface area contributed by atoms with Crippen molar-refractivity contribution in [3.8, 4) is 0 Å². The van der Waals surface area contributed by atoms with Crippen LogP contribution in [0.3, 0.4) is 0 Å². The second kappa shape index (κ2) is 10.6. The van der Waals surface area contributed by atoms with Crippen LogP contribution < -0.4 is 16.2 Å². The van der Waals surface area contributed by atoms with Gasteiger partial charge in [0.05, 0.1) is 12.4 Å². The largest absolute Gasteiger partial charge is 0.480 e. The van der Waals surface area contributed by atoms with Gasteiger partial charge < -0.3 is 20.3 Å². The van der Waals surface area contributed by atoms with Crippen LogP contribution in [-0.4, -0.2) is 40.0 Å². The summed E-state index contributed by atoms with van der Waals surface area (Å²) in [5.41, 5.74) is 0.286. The lowest BCUT2D eigenvalue weighted by Gasteiger charge is -2.15. The quantitative estimate of drug-likeness (QED) is 0.258. The average Bonchev–Trinajstić information content (AvgIpc) is 2.65. The summed E-state index contributed by atoms with van der Waals surface area (Å²) < 4.78 is 2.29. The number of aliphatic carboxylic acids is 1. The molecule has 1 heterocycles. The van der Waals surface area contributed by atoms with Crippen LogP contribution in [0.5, 0.6) is 0 Å². The molecule has 0 bridgehead atoms. The maximum absolute atomic E-state index is 12.7. The van der Waals surface area contributed by atoms with Gasteiger partial charge in [-0.15, -0.1) is 0 Å². The average molecular weight is 463 g/mol. The highest BCUT2D eigenvalue weighted by atomic mass is 79.9. The molecule has 1 amide bonds. The van der Waals surface area contributed by atoms with Gasteiger partial charge in [-0.05, 0) is 49.6 Å². The zero-order chi connectivity index (χ0) is 21.4. The third-order valence-corrected chi connectivity index (χ3v) is 4.66. The van der Waals surface area contributed by atoms with E-state index in [4.69, 9.17) is 5.41 Å². The molecule has 9 heteroatoms. The number of nitrogens with zero attached hydrogens (tertiary/aromatic N) is 1. The summed E-state index contributed by atoms with van der Waals surface area (Å²) in [7, 11) is 0. The SMILES string of the molecule is CC(=N)NCCC[C@H](NC(=O)c1cccn(Cc2cccc(Br)c2)c1=O)C(=O)O. The van der Waals surface area contributed by atoms with E-state index in [0.29, 0.717) is 13.0 Å². The van der Waals surface area contributed by atoms with Crippen molar-refractivity contribution in [2.75, 3.05) is 6.54 Å². The van der Waals surface area contributed by atoms with E-state index in [1.165, 1.54) is 10.6 Å². The molecule has 1 aromatic heterocycles. The van der Waals surface area contributed by atoms with Crippen LogP contribution in [0.2, 0.25) is 0 Å². The number of carbonyl (C=O) groups excluding carboxylic acids is 1. The molecule has 29 heavy (non-hydrogen) atoms. The van der Waals surface area contributed by atoms with Crippen LogP contribution in [-0.2, 0) is 11.3 Å². The fourth-order valence-corrected chi connectivity index (χ4v) is 3.19. The number of hydrogen-bond acceptors (Lipinski definition) is 4. The molecule has 0 unspecified atom stereocenters. The number of carbonyl (C=O) groups is 2. The number of halogens is 1. The van der Waals surface area contributed by atoms with Crippen molar-refractivity contribution in [3.05, 3.63) is 68.5 Å². The Morgan fingerprint density at radius 2 is 2.03 bits per heavy atom. The maximum atomic E-state index is 12.7. The highest BCUT2D eigenvalue weighted by Crippen LogP contribution is 2.12. The molecule has 0 saturated heterocycles. The van der Waals surface area contributed by atoms with Gasteiger partial charge in [0, 0.05) is 17.2 Å². The topological polar surface area (TPSA) is 124 Å². The first-order chi connectivity index (χ1) is 13.8. The van der Waals surface area contributed by atoms with Gasteiger partial charge in [-0.2, -0.15) is 0 Å². The zero-order valence-electron chi connectivity index (χ0n) is 15.9. The standard InChI is InChI=1S/C20H23BrN4O4/c1-13(22)23-9-3-8-17(20(28)29)24-18(26)16-7-4-10-25(19(16)27)12-14-5-2-6-15(21)11-14/h2,4-7,10-11,17H,3,8-9,12H2,1H3,(H2,22,23)(H,24,26)(H,28,29)/t17-/m0/s1. The number of carboxylic acid groups (broad SMARTS) is 1. The Morgan fingerprint density at radius 3 is 2.69 bits per heavy atom. The summed E-state index contributed by atoms with van der Waals surface area (Å²) in [6.45, 7) is 2.31. The van der Waals surface area contributed by atoms with Gasteiger partial charge in [0.15, 0.2) is 0 Å². The molecule has 8 nitrogen and oxygen atoms in total. The molecule has 0 fully saturated rings. The van der Waals surface area contributed by atoms with Crippen LogP contribution in [0, 0.1) is 5.41 Å². The van der Waals surface area contributed by atoms with Gasteiger partial charge in [0.1, 0.15) is 11.6 Å². The van der Waals surface area contributed by atoms with Crippen LogP contribution >= 0.6 is 15.9 Å². The molecule has 0 aliphatic carbocycles. The van der Waals surface area contributed by atoms with Gasteiger partial charge >= 0.3 is 5.97 Å². The van der Waals surface area contributed by atoms with Crippen molar-refractivity contribution in [3.63, 3.8) is 0 Å². The molecule has 1 atom stereocenters. The van der Waals surface area contributed by atoms with Crippen molar-refractivity contribution in [1.82, 2.24) is 15.2 Å². The molecular weight excluding hydrogens is 440 g/mol. The predicted octanol–water partition coefficient (Wildman–Crippen LogP) is 2.21. The number of pyridine rings is 1.